The van der Waals surface area contributed by atoms with Crippen molar-refractivity contribution in [2.24, 2.45) is 5.92 Å². The van der Waals surface area contributed by atoms with Gasteiger partial charge in [0.1, 0.15) is 17.7 Å². The first-order valence-corrected chi connectivity index (χ1v) is 7.45. The van der Waals surface area contributed by atoms with Gasteiger partial charge in [-0.15, -0.1) is 0 Å². The van der Waals surface area contributed by atoms with Crippen molar-refractivity contribution in [3.63, 3.8) is 0 Å². The van der Waals surface area contributed by atoms with Gasteiger partial charge in [0.05, 0.1) is 5.75 Å². The smallest absolute Gasteiger partial charge is 0.321 e. The van der Waals surface area contributed by atoms with E-state index in [1.807, 2.05) is 4.72 Å². The summed E-state index contributed by atoms with van der Waals surface area (Å²) < 4.78 is 52.3. The molecule has 0 aliphatic heterocycles. The van der Waals surface area contributed by atoms with Crippen LogP contribution in [0.25, 0.3) is 0 Å². The first kappa shape index (κ1) is 16.5. The minimum atomic E-state index is -4.18. The van der Waals surface area contributed by atoms with Gasteiger partial charge in [-0.25, -0.2) is 21.9 Å². The van der Waals surface area contributed by atoms with Crippen molar-refractivity contribution in [3.05, 3.63) is 35.4 Å². The number of hydrogen-bond donors (Lipinski definition) is 2. The van der Waals surface area contributed by atoms with Crippen molar-refractivity contribution < 1.29 is 27.1 Å². The molecule has 0 bridgehead atoms. The van der Waals surface area contributed by atoms with E-state index in [1.54, 1.807) is 0 Å². The fourth-order valence-corrected chi connectivity index (χ4v) is 3.07. The summed E-state index contributed by atoms with van der Waals surface area (Å²) in [6.45, 7) is 3.04. The number of halogens is 2. The van der Waals surface area contributed by atoms with Gasteiger partial charge in [-0.3, -0.25) is 4.79 Å². The molecule has 8 heteroatoms. The monoisotopic (exact) mass is 307 g/mol. The maximum atomic E-state index is 13.4. The zero-order chi connectivity index (χ0) is 15.5. The summed E-state index contributed by atoms with van der Waals surface area (Å²) >= 11 is 0. The van der Waals surface area contributed by atoms with Crippen molar-refractivity contribution >= 4 is 16.0 Å². The largest absolute Gasteiger partial charge is 0.480 e. The predicted molar refractivity (Wildman–Crippen MR) is 68.4 cm³/mol. The van der Waals surface area contributed by atoms with Crippen LogP contribution in [0.2, 0.25) is 0 Å². The Labute approximate surface area is 115 Å². The van der Waals surface area contributed by atoms with Gasteiger partial charge in [0, 0.05) is 5.56 Å². The second kappa shape index (κ2) is 6.27. The van der Waals surface area contributed by atoms with E-state index >= 15 is 0 Å². The lowest BCUT2D eigenvalue weighted by Crippen LogP contribution is -2.44. The first-order chi connectivity index (χ1) is 9.14. The van der Waals surface area contributed by atoms with E-state index in [0.717, 1.165) is 18.2 Å². The fourth-order valence-electron chi connectivity index (χ4n) is 1.57. The number of hydrogen-bond acceptors (Lipinski definition) is 3. The Morgan fingerprint density at radius 3 is 2.20 bits per heavy atom. The third-order valence-corrected chi connectivity index (χ3v) is 3.92. The van der Waals surface area contributed by atoms with Crippen molar-refractivity contribution in [1.82, 2.24) is 4.72 Å². The Bertz CT molecular complexity index is 581. The molecule has 2 N–H and O–H groups in total. The number of nitrogens with one attached hydrogen (secondary N) is 1. The standard InChI is InChI=1S/C12H15F2NO4S/c1-7(2)11(12(16)17)15-20(18,19)6-8-9(13)4-3-5-10(8)14/h3-5,7,11,15H,6H2,1-2H3,(H,16,17)/t11-/m0/s1. The van der Waals surface area contributed by atoms with Crippen LogP contribution in [0.3, 0.4) is 0 Å². The van der Waals surface area contributed by atoms with Crippen molar-refractivity contribution in [1.29, 1.82) is 0 Å². The Morgan fingerprint density at radius 1 is 1.30 bits per heavy atom. The molecule has 0 aromatic heterocycles. The zero-order valence-electron chi connectivity index (χ0n) is 10.9. The molecule has 0 unspecified atom stereocenters. The maximum absolute atomic E-state index is 13.4. The van der Waals surface area contributed by atoms with Gasteiger partial charge in [-0.2, -0.15) is 0 Å². The van der Waals surface area contributed by atoms with Crippen molar-refractivity contribution in [3.8, 4) is 0 Å². The summed E-state index contributed by atoms with van der Waals surface area (Å²) in [4.78, 5) is 10.9. The summed E-state index contributed by atoms with van der Waals surface area (Å²) in [5.41, 5.74) is -0.618. The Kier molecular flexibility index (Phi) is 5.18. The number of sulfonamides is 1. The highest BCUT2D eigenvalue weighted by atomic mass is 32.2. The molecule has 0 fully saturated rings. The van der Waals surface area contributed by atoms with Gasteiger partial charge in [0.25, 0.3) is 0 Å². The van der Waals surface area contributed by atoms with E-state index in [4.69, 9.17) is 5.11 Å². The molecule has 1 aromatic rings. The molecule has 112 valence electrons. The molecule has 0 aliphatic rings. The number of aliphatic carboxylic acids is 1. The average Bonchev–Trinajstić information content (AvgIpc) is 2.30. The Balaban J connectivity index is 2.98. The lowest BCUT2D eigenvalue weighted by Gasteiger charge is -2.18. The van der Waals surface area contributed by atoms with Crippen molar-refractivity contribution in [2.75, 3.05) is 0 Å². The van der Waals surface area contributed by atoms with Crippen LogP contribution in [0.1, 0.15) is 19.4 Å². The van der Waals surface area contributed by atoms with Gasteiger partial charge in [0.2, 0.25) is 10.0 Å². The molecule has 1 rings (SSSR count). The highest BCUT2D eigenvalue weighted by Crippen LogP contribution is 2.15. The van der Waals surface area contributed by atoms with Gasteiger partial charge in [-0.05, 0) is 18.1 Å². The molecule has 5 nitrogen and oxygen atoms in total. The van der Waals surface area contributed by atoms with Gasteiger partial charge >= 0.3 is 5.97 Å². The molecular weight excluding hydrogens is 292 g/mol. The van der Waals surface area contributed by atoms with E-state index < -0.39 is 50.9 Å². The number of carboxylic acid groups (broad SMARTS) is 1. The molecule has 1 atom stereocenters. The summed E-state index contributed by atoms with van der Waals surface area (Å²) in [7, 11) is -4.18. The quantitative estimate of drug-likeness (QED) is 0.834. The Hall–Kier alpha value is -1.54. The first-order valence-electron chi connectivity index (χ1n) is 5.79. The van der Waals surface area contributed by atoms with Crippen molar-refractivity contribution in [2.45, 2.75) is 25.6 Å². The zero-order valence-corrected chi connectivity index (χ0v) is 11.7. The van der Waals surface area contributed by atoms with E-state index in [-0.39, 0.29) is 0 Å². The van der Waals surface area contributed by atoms with Crippen LogP contribution >= 0.6 is 0 Å². The third-order valence-electron chi connectivity index (χ3n) is 2.64. The molecule has 0 heterocycles. The van der Waals surface area contributed by atoms with E-state index in [2.05, 4.69) is 0 Å². The number of rotatable bonds is 6. The summed E-state index contributed by atoms with van der Waals surface area (Å²) in [5, 5.41) is 8.91. The minimum Gasteiger partial charge on any atom is -0.480 e. The van der Waals surface area contributed by atoms with Crippen LogP contribution in [0.5, 0.6) is 0 Å². The number of carbonyl (C=O) groups is 1. The topological polar surface area (TPSA) is 83.5 Å². The van der Waals surface area contributed by atoms with Gasteiger partial charge in [0.15, 0.2) is 0 Å². The molecule has 0 amide bonds. The molecular formula is C12H15F2NO4S. The van der Waals surface area contributed by atoms with Crippen LogP contribution in [-0.4, -0.2) is 25.5 Å². The number of carboxylic acids is 1. The second-order valence-corrected chi connectivity index (χ2v) is 6.39. The summed E-state index contributed by atoms with van der Waals surface area (Å²) in [6, 6.07) is 1.63. The van der Waals surface area contributed by atoms with E-state index in [0.29, 0.717) is 0 Å². The maximum Gasteiger partial charge on any atom is 0.321 e. The second-order valence-electron chi connectivity index (χ2n) is 4.64. The molecule has 0 saturated heterocycles. The highest BCUT2D eigenvalue weighted by Gasteiger charge is 2.28. The number of benzene rings is 1. The molecule has 0 spiro atoms. The van der Waals surface area contributed by atoms with Crippen LogP contribution in [0.15, 0.2) is 18.2 Å². The lowest BCUT2D eigenvalue weighted by molar-refractivity contribution is -0.140. The Morgan fingerprint density at radius 2 is 1.80 bits per heavy atom. The van der Waals surface area contributed by atoms with E-state index in [9.17, 15) is 22.0 Å². The SMILES string of the molecule is CC(C)[C@H](NS(=O)(=O)Cc1c(F)cccc1F)C(=O)O. The molecule has 20 heavy (non-hydrogen) atoms. The van der Waals surface area contributed by atoms with Crippen LogP contribution in [0.4, 0.5) is 8.78 Å². The molecule has 0 aliphatic carbocycles. The van der Waals surface area contributed by atoms with Gasteiger partial charge < -0.3 is 5.11 Å². The third kappa shape index (κ3) is 4.24. The molecule has 0 radical (unpaired) electrons. The molecule has 0 saturated carbocycles. The normalized spacial score (nSPS) is 13.4. The minimum absolute atomic E-state index is 0.507. The lowest BCUT2D eigenvalue weighted by atomic mass is 10.1. The average molecular weight is 307 g/mol. The summed E-state index contributed by atoms with van der Waals surface area (Å²) in [6.07, 6.45) is 0. The fraction of sp³-hybridized carbons (Fsp3) is 0.417. The van der Waals surface area contributed by atoms with E-state index in [1.165, 1.54) is 13.8 Å². The highest BCUT2D eigenvalue weighted by molar-refractivity contribution is 7.88. The van der Waals surface area contributed by atoms with Crippen LogP contribution < -0.4 is 4.72 Å². The van der Waals surface area contributed by atoms with Crippen LogP contribution in [-0.2, 0) is 20.6 Å². The molecule has 1 aromatic carbocycles. The van der Waals surface area contributed by atoms with Gasteiger partial charge in [-0.1, -0.05) is 19.9 Å². The van der Waals surface area contributed by atoms with Crippen LogP contribution in [0, 0.1) is 17.6 Å². The summed E-state index contributed by atoms with van der Waals surface area (Å²) in [5.74, 6) is -4.80. The predicted octanol–water partition coefficient (Wildman–Crippen LogP) is 1.49.